The van der Waals surface area contributed by atoms with Crippen molar-refractivity contribution in [1.29, 1.82) is 0 Å². The largest absolute Gasteiger partial charge is 0.493 e. The summed E-state index contributed by atoms with van der Waals surface area (Å²) in [6.45, 7) is 8.76. The Morgan fingerprint density at radius 2 is 1.95 bits per heavy atom. The van der Waals surface area contributed by atoms with Gasteiger partial charge >= 0.3 is 5.97 Å². The number of halogens is 1. The van der Waals surface area contributed by atoms with Crippen LogP contribution in [-0.4, -0.2) is 17.7 Å². The van der Waals surface area contributed by atoms with Gasteiger partial charge in [0.25, 0.3) is 0 Å². The maximum atomic E-state index is 11.0. The van der Waals surface area contributed by atoms with E-state index < -0.39 is 5.97 Å². The van der Waals surface area contributed by atoms with Gasteiger partial charge in [-0.1, -0.05) is 39.3 Å². The molecule has 0 radical (unpaired) electrons. The number of carbonyl (C=O) groups is 1. The average molecular weight is 285 g/mol. The molecule has 0 aliphatic carbocycles. The highest BCUT2D eigenvalue weighted by atomic mass is 35.5. The summed E-state index contributed by atoms with van der Waals surface area (Å²) in [5.41, 5.74) is 1.61. The highest BCUT2D eigenvalue weighted by molar-refractivity contribution is 6.30. The second-order valence-electron chi connectivity index (χ2n) is 5.41. The van der Waals surface area contributed by atoms with Crippen LogP contribution in [0.2, 0.25) is 5.02 Å². The second-order valence-corrected chi connectivity index (χ2v) is 5.85. The van der Waals surface area contributed by atoms with Crippen molar-refractivity contribution < 1.29 is 14.6 Å². The molecule has 106 valence electrons. The van der Waals surface area contributed by atoms with E-state index in [4.69, 9.17) is 21.4 Å². The first-order chi connectivity index (χ1) is 8.81. The normalized spacial score (nSPS) is 11.1. The minimum atomic E-state index is -0.883. The van der Waals surface area contributed by atoms with Crippen LogP contribution >= 0.6 is 11.6 Å². The monoisotopic (exact) mass is 284 g/mol. The summed E-state index contributed by atoms with van der Waals surface area (Å²) in [6.07, 6.45) is -0.0757. The van der Waals surface area contributed by atoms with Gasteiger partial charge in [0.2, 0.25) is 0 Å². The Bertz CT molecular complexity index is 453. The summed E-state index contributed by atoms with van der Waals surface area (Å²) in [6, 6.07) is 3.53. The van der Waals surface area contributed by atoms with Crippen LogP contribution in [0.25, 0.3) is 0 Å². The van der Waals surface area contributed by atoms with Crippen LogP contribution in [0.4, 0.5) is 0 Å². The molecule has 0 amide bonds. The van der Waals surface area contributed by atoms with Crippen molar-refractivity contribution in [3.63, 3.8) is 0 Å². The molecule has 0 unspecified atom stereocenters. The maximum absolute atomic E-state index is 11.0. The fraction of sp³-hybridized carbons (Fsp3) is 0.533. The Kier molecular flexibility index (Phi) is 5.67. The molecular weight excluding hydrogens is 264 g/mol. The fourth-order valence-electron chi connectivity index (χ4n) is 1.82. The fourth-order valence-corrected chi connectivity index (χ4v) is 2.07. The Hall–Kier alpha value is -1.22. The lowest BCUT2D eigenvalue weighted by Gasteiger charge is -2.19. The molecule has 1 aromatic rings. The quantitative estimate of drug-likeness (QED) is 0.854. The number of benzene rings is 1. The number of hydrogen-bond acceptors (Lipinski definition) is 2. The molecule has 0 heterocycles. The molecule has 1 aromatic carbocycles. The zero-order valence-electron chi connectivity index (χ0n) is 11.9. The van der Waals surface area contributed by atoms with E-state index in [1.54, 1.807) is 6.07 Å². The van der Waals surface area contributed by atoms with E-state index in [0.717, 1.165) is 5.56 Å². The lowest BCUT2D eigenvalue weighted by molar-refractivity contribution is -0.136. The molecule has 0 saturated heterocycles. The minimum absolute atomic E-state index is 0.0757. The van der Waals surface area contributed by atoms with Gasteiger partial charge in [0, 0.05) is 10.6 Å². The van der Waals surface area contributed by atoms with Gasteiger partial charge in [-0.2, -0.15) is 0 Å². The number of ether oxygens (including phenoxy) is 1. The number of hydrogen-bond donors (Lipinski definition) is 1. The summed E-state index contributed by atoms with van der Waals surface area (Å²) in [5, 5.41) is 9.54. The van der Waals surface area contributed by atoms with Crippen molar-refractivity contribution >= 4 is 17.6 Å². The Morgan fingerprint density at radius 1 is 1.32 bits per heavy atom. The van der Waals surface area contributed by atoms with Crippen LogP contribution in [0, 0.1) is 5.92 Å². The van der Waals surface area contributed by atoms with Gasteiger partial charge in [-0.25, -0.2) is 0 Å². The molecule has 0 atom stereocenters. The Morgan fingerprint density at radius 3 is 2.42 bits per heavy atom. The Labute approximate surface area is 119 Å². The molecule has 0 aliphatic heterocycles. The molecule has 0 aromatic heterocycles. The van der Waals surface area contributed by atoms with Crippen LogP contribution in [0.5, 0.6) is 5.75 Å². The van der Waals surface area contributed by atoms with Crippen molar-refractivity contribution in [1.82, 2.24) is 0 Å². The molecular formula is C15H21ClO3. The second kappa shape index (κ2) is 6.80. The van der Waals surface area contributed by atoms with Gasteiger partial charge in [-0.3, -0.25) is 4.79 Å². The lowest BCUT2D eigenvalue weighted by atomic mass is 9.97. The topological polar surface area (TPSA) is 46.5 Å². The summed E-state index contributed by atoms with van der Waals surface area (Å²) < 4.78 is 5.82. The van der Waals surface area contributed by atoms with Crippen molar-refractivity contribution in [2.24, 2.45) is 5.92 Å². The van der Waals surface area contributed by atoms with E-state index in [2.05, 4.69) is 13.8 Å². The van der Waals surface area contributed by atoms with Gasteiger partial charge in [-0.05, 0) is 29.5 Å². The van der Waals surface area contributed by atoms with Crippen molar-refractivity contribution in [3.05, 3.63) is 28.3 Å². The zero-order chi connectivity index (χ0) is 14.6. The minimum Gasteiger partial charge on any atom is -0.493 e. The Balaban J connectivity index is 3.21. The molecule has 19 heavy (non-hydrogen) atoms. The van der Waals surface area contributed by atoms with Crippen molar-refractivity contribution in [2.75, 3.05) is 6.61 Å². The third kappa shape index (κ3) is 4.75. The molecule has 0 bridgehead atoms. The highest BCUT2D eigenvalue weighted by Crippen LogP contribution is 2.34. The van der Waals surface area contributed by atoms with E-state index in [1.165, 1.54) is 0 Å². The summed E-state index contributed by atoms with van der Waals surface area (Å²) in [4.78, 5) is 11.0. The molecule has 1 rings (SSSR count). The number of carboxylic acids is 1. The lowest BCUT2D eigenvalue weighted by Crippen LogP contribution is -2.11. The molecule has 0 spiro atoms. The zero-order valence-corrected chi connectivity index (χ0v) is 12.6. The highest BCUT2D eigenvalue weighted by Gasteiger charge is 2.17. The van der Waals surface area contributed by atoms with Gasteiger partial charge < -0.3 is 9.84 Å². The number of rotatable bonds is 6. The van der Waals surface area contributed by atoms with Gasteiger partial charge in [-0.15, -0.1) is 0 Å². The summed E-state index contributed by atoms with van der Waals surface area (Å²) in [7, 11) is 0. The SMILES string of the molecule is CC(C)COc1c(CC(=O)O)cc(Cl)cc1C(C)C. The first-order valence-corrected chi connectivity index (χ1v) is 6.86. The van der Waals surface area contributed by atoms with Crippen LogP contribution in [0.3, 0.4) is 0 Å². The van der Waals surface area contributed by atoms with Gasteiger partial charge in [0.1, 0.15) is 5.75 Å². The van der Waals surface area contributed by atoms with Crippen LogP contribution < -0.4 is 4.74 Å². The summed E-state index contributed by atoms with van der Waals surface area (Å²) in [5.74, 6) is 0.406. The van der Waals surface area contributed by atoms with E-state index in [9.17, 15) is 4.79 Å². The molecule has 0 aliphatic rings. The van der Waals surface area contributed by atoms with Gasteiger partial charge in [0.15, 0.2) is 0 Å². The van der Waals surface area contributed by atoms with Crippen molar-refractivity contribution in [2.45, 2.75) is 40.0 Å². The molecule has 3 nitrogen and oxygen atoms in total. The molecule has 0 fully saturated rings. The number of aliphatic carboxylic acids is 1. The third-order valence-corrected chi connectivity index (χ3v) is 2.90. The summed E-state index contributed by atoms with van der Waals surface area (Å²) >= 11 is 6.06. The molecule has 4 heteroatoms. The van der Waals surface area contributed by atoms with E-state index in [0.29, 0.717) is 28.9 Å². The van der Waals surface area contributed by atoms with E-state index in [-0.39, 0.29) is 12.3 Å². The maximum Gasteiger partial charge on any atom is 0.307 e. The number of carboxylic acid groups (broad SMARTS) is 1. The van der Waals surface area contributed by atoms with Crippen LogP contribution in [0.15, 0.2) is 12.1 Å². The van der Waals surface area contributed by atoms with Crippen LogP contribution in [0.1, 0.15) is 44.7 Å². The standard InChI is InChI=1S/C15H21ClO3/c1-9(2)8-19-15-11(6-14(17)18)5-12(16)7-13(15)10(3)4/h5,7,9-10H,6,8H2,1-4H3,(H,17,18). The molecule has 1 N–H and O–H groups in total. The predicted molar refractivity (Wildman–Crippen MR) is 77.2 cm³/mol. The third-order valence-electron chi connectivity index (χ3n) is 2.68. The van der Waals surface area contributed by atoms with E-state index in [1.807, 2.05) is 19.9 Å². The average Bonchev–Trinajstić information content (AvgIpc) is 2.25. The van der Waals surface area contributed by atoms with Crippen molar-refractivity contribution in [3.8, 4) is 5.75 Å². The first-order valence-electron chi connectivity index (χ1n) is 6.48. The predicted octanol–water partition coefficient (Wildman–Crippen LogP) is 4.13. The van der Waals surface area contributed by atoms with Gasteiger partial charge in [0.05, 0.1) is 13.0 Å². The van der Waals surface area contributed by atoms with E-state index >= 15 is 0 Å². The molecule has 0 saturated carbocycles. The van der Waals surface area contributed by atoms with Crippen LogP contribution in [-0.2, 0) is 11.2 Å². The first kappa shape index (κ1) is 15.8. The smallest absolute Gasteiger partial charge is 0.307 e.